The highest BCUT2D eigenvalue weighted by Crippen LogP contribution is 2.18. The molecule has 0 aliphatic rings. The maximum Gasteiger partial charge on any atom is 0.243 e. The predicted octanol–water partition coefficient (Wildman–Crippen LogP) is 3.57. The lowest BCUT2D eigenvalue weighted by Gasteiger charge is -2.30. The highest BCUT2D eigenvalue weighted by molar-refractivity contribution is 9.10. The Morgan fingerprint density at radius 3 is 2.27 bits per heavy atom. The van der Waals surface area contributed by atoms with Gasteiger partial charge in [-0.05, 0) is 49.6 Å². The molecule has 0 spiro atoms. The molecule has 2 rings (SSSR count). The van der Waals surface area contributed by atoms with Gasteiger partial charge in [-0.25, -0.2) is 8.42 Å². The fourth-order valence-electron chi connectivity index (χ4n) is 3.12. The Bertz CT molecular complexity index is 1070. The molecule has 1 atom stereocenters. The van der Waals surface area contributed by atoms with Crippen LogP contribution in [0.1, 0.15) is 31.9 Å². The molecule has 0 aliphatic heterocycles. The molecule has 9 heteroatoms. The second-order valence-electron chi connectivity index (χ2n) is 8.54. The van der Waals surface area contributed by atoms with Crippen LogP contribution in [0.25, 0.3) is 0 Å². The largest absolute Gasteiger partial charge is 0.354 e. The molecule has 33 heavy (non-hydrogen) atoms. The van der Waals surface area contributed by atoms with E-state index in [1.54, 1.807) is 19.1 Å². The molecule has 180 valence electrons. The average molecular weight is 539 g/mol. The number of carbonyl (C=O) groups is 2. The summed E-state index contributed by atoms with van der Waals surface area (Å²) >= 11 is 3.42. The number of hydrogen-bond acceptors (Lipinski definition) is 4. The van der Waals surface area contributed by atoms with Gasteiger partial charge < -0.3 is 10.2 Å². The summed E-state index contributed by atoms with van der Waals surface area (Å²) in [5, 5.41) is 2.86. The molecule has 1 N–H and O–H groups in total. The van der Waals surface area contributed by atoms with Crippen LogP contribution in [0.2, 0.25) is 0 Å². The molecular weight excluding hydrogens is 506 g/mol. The van der Waals surface area contributed by atoms with Gasteiger partial charge in [0.15, 0.2) is 0 Å². The summed E-state index contributed by atoms with van der Waals surface area (Å²) in [6, 6.07) is 13.1. The molecule has 0 bridgehead atoms. The Kier molecular flexibility index (Phi) is 9.63. The van der Waals surface area contributed by atoms with E-state index in [0.29, 0.717) is 6.54 Å². The van der Waals surface area contributed by atoms with Crippen molar-refractivity contribution in [2.45, 2.75) is 45.2 Å². The van der Waals surface area contributed by atoms with Crippen molar-refractivity contribution in [1.29, 1.82) is 0 Å². The minimum atomic E-state index is -3.85. The first-order valence-electron chi connectivity index (χ1n) is 10.8. The quantitative estimate of drug-likeness (QED) is 0.501. The van der Waals surface area contributed by atoms with Crippen LogP contribution < -0.4 is 5.32 Å². The zero-order chi connectivity index (χ0) is 24.8. The first kappa shape index (κ1) is 27.0. The molecule has 0 saturated heterocycles. The number of amides is 2. The van der Waals surface area contributed by atoms with Crippen molar-refractivity contribution in [3.63, 3.8) is 0 Å². The zero-order valence-electron chi connectivity index (χ0n) is 19.7. The summed E-state index contributed by atoms with van der Waals surface area (Å²) in [5.74, 6) is -0.474. The third kappa shape index (κ3) is 7.65. The second-order valence-corrected chi connectivity index (χ2v) is 11.5. The van der Waals surface area contributed by atoms with Crippen LogP contribution in [-0.2, 0) is 26.2 Å². The molecule has 2 aromatic carbocycles. The predicted molar refractivity (Wildman–Crippen MR) is 133 cm³/mol. The number of nitrogens with one attached hydrogen (secondary N) is 1. The van der Waals surface area contributed by atoms with Crippen molar-refractivity contribution < 1.29 is 18.0 Å². The van der Waals surface area contributed by atoms with Crippen molar-refractivity contribution in [2.24, 2.45) is 5.92 Å². The smallest absolute Gasteiger partial charge is 0.243 e. The summed E-state index contributed by atoms with van der Waals surface area (Å²) in [5.41, 5.74) is 1.76. The first-order valence-corrected chi connectivity index (χ1v) is 13.0. The lowest BCUT2D eigenvalue weighted by molar-refractivity contribution is -0.140. The number of benzene rings is 2. The summed E-state index contributed by atoms with van der Waals surface area (Å²) in [6.07, 6.45) is 0. The van der Waals surface area contributed by atoms with Crippen LogP contribution in [0, 0.1) is 12.8 Å². The molecule has 0 aromatic heterocycles. The normalized spacial score (nSPS) is 12.6. The standard InChI is InChI=1S/C24H32BrN3O4S/c1-17(2)14-26-24(30)19(4)28(15-20-7-6-8-21(25)13-20)23(29)16-27(5)33(31,32)22-11-9-18(3)10-12-22/h6-13,17,19H,14-16H2,1-5H3,(H,26,30)/t19-/m0/s1. The Morgan fingerprint density at radius 1 is 1.06 bits per heavy atom. The van der Waals surface area contributed by atoms with E-state index in [1.165, 1.54) is 24.1 Å². The van der Waals surface area contributed by atoms with E-state index in [0.717, 1.165) is 19.9 Å². The lowest BCUT2D eigenvalue weighted by atomic mass is 10.1. The number of hydrogen-bond donors (Lipinski definition) is 1. The number of halogens is 1. The molecule has 0 saturated carbocycles. The number of nitrogens with zero attached hydrogens (tertiary/aromatic N) is 2. The van der Waals surface area contributed by atoms with Gasteiger partial charge in [-0.15, -0.1) is 0 Å². The third-order valence-corrected chi connectivity index (χ3v) is 7.49. The summed E-state index contributed by atoms with van der Waals surface area (Å²) < 4.78 is 27.8. The summed E-state index contributed by atoms with van der Waals surface area (Å²) in [4.78, 5) is 27.6. The number of rotatable bonds is 10. The molecule has 0 unspecified atom stereocenters. The number of aryl methyl sites for hydroxylation is 1. The minimum Gasteiger partial charge on any atom is -0.354 e. The van der Waals surface area contributed by atoms with Crippen LogP contribution in [0.3, 0.4) is 0 Å². The van der Waals surface area contributed by atoms with Gasteiger partial charge in [-0.1, -0.05) is 59.6 Å². The van der Waals surface area contributed by atoms with Gasteiger partial charge in [0.1, 0.15) is 6.04 Å². The van der Waals surface area contributed by atoms with Gasteiger partial charge in [0.05, 0.1) is 11.4 Å². The van der Waals surface area contributed by atoms with Crippen molar-refractivity contribution >= 4 is 37.8 Å². The van der Waals surface area contributed by atoms with Gasteiger partial charge in [-0.3, -0.25) is 9.59 Å². The van der Waals surface area contributed by atoms with E-state index in [4.69, 9.17) is 0 Å². The van der Waals surface area contributed by atoms with Crippen molar-refractivity contribution in [2.75, 3.05) is 20.1 Å². The molecule has 7 nitrogen and oxygen atoms in total. The topological polar surface area (TPSA) is 86.8 Å². The number of sulfonamides is 1. The highest BCUT2D eigenvalue weighted by Gasteiger charge is 2.30. The molecule has 2 amide bonds. The Morgan fingerprint density at radius 2 is 1.70 bits per heavy atom. The molecule has 0 fully saturated rings. The van der Waals surface area contributed by atoms with Crippen LogP contribution in [-0.4, -0.2) is 55.6 Å². The third-order valence-electron chi connectivity index (χ3n) is 5.18. The monoisotopic (exact) mass is 537 g/mol. The molecule has 0 aliphatic carbocycles. The van der Waals surface area contributed by atoms with E-state index >= 15 is 0 Å². The van der Waals surface area contributed by atoms with Gasteiger partial charge in [0, 0.05) is 24.6 Å². The fourth-order valence-corrected chi connectivity index (χ4v) is 4.69. The molecule has 0 heterocycles. The van der Waals surface area contributed by atoms with E-state index in [-0.39, 0.29) is 29.8 Å². The van der Waals surface area contributed by atoms with Crippen LogP contribution in [0.5, 0.6) is 0 Å². The first-order chi connectivity index (χ1) is 15.4. The van der Waals surface area contributed by atoms with E-state index in [1.807, 2.05) is 45.0 Å². The van der Waals surface area contributed by atoms with Crippen LogP contribution >= 0.6 is 15.9 Å². The van der Waals surface area contributed by atoms with Crippen LogP contribution in [0.4, 0.5) is 0 Å². The van der Waals surface area contributed by atoms with Crippen molar-refractivity contribution in [3.05, 3.63) is 64.1 Å². The highest BCUT2D eigenvalue weighted by atomic mass is 79.9. The van der Waals surface area contributed by atoms with Gasteiger partial charge in [0.2, 0.25) is 21.8 Å². The second kappa shape index (κ2) is 11.8. The van der Waals surface area contributed by atoms with Gasteiger partial charge in [-0.2, -0.15) is 4.31 Å². The number of likely N-dealkylation sites (N-methyl/N-ethyl adjacent to an activating group) is 1. The SMILES string of the molecule is Cc1ccc(S(=O)(=O)N(C)CC(=O)N(Cc2cccc(Br)c2)[C@@H](C)C(=O)NCC(C)C)cc1. The maximum absolute atomic E-state index is 13.3. The van der Waals surface area contributed by atoms with Gasteiger partial charge in [0.25, 0.3) is 0 Å². The Balaban J connectivity index is 2.25. The van der Waals surface area contributed by atoms with Crippen molar-refractivity contribution in [3.8, 4) is 0 Å². The summed E-state index contributed by atoms with van der Waals surface area (Å²) in [7, 11) is -2.48. The molecule has 2 aromatic rings. The van der Waals surface area contributed by atoms with E-state index in [9.17, 15) is 18.0 Å². The van der Waals surface area contributed by atoms with Crippen LogP contribution in [0.15, 0.2) is 57.9 Å². The zero-order valence-corrected chi connectivity index (χ0v) is 22.1. The Labute approximate surface area is 205 Å². The lowest BCUT2D eigenvalue weighted by Crippen LogP contribution is -2.51. The Hall–Kier alpha value is -2.23. The average Bonchev–Trinajstić information content (AvgIpc) is 2.75. The minimum absolute atomic E-state index is 0.115. The maximum atomic E-state index is 13.3. The molecular formula is C24H32BrN3O4S. The van der Waals surface area contributed by atoms with E-state index in [2.05, 4.69) is 21.2 Å². The summed E-state index contributed by atoms with van der Waals surface area (Å²) in [6.45, 7) is 7.78. The van der Waals surface area contributed by atoms with Gasteiger partial charge >= 0.3 is 0 Å². The van der Waals surface area contributed by atoms with Crippen molar-refractivity contribution in [1.82, 2.24) is 14.5 Å². The van der Waals surface area contributed by atoms with E-state index < -0.39 is 22.0 Å². The fraction of sp³-hybridized carbons (Fsp3) is 0.417. The molecule has 0 radical (unpaired) electrons. The number of carbonyl (C=O) groups excluding carboxylic acids is 2.